The predicted octanol–water partition coefficient (Wildman–Crippen LogP) is 5.25. The zero-order valence-electron chi connectivity index (χ0n) is 15.7. The third-order valence-corrected chi connectivity index (χ3v) is 3.86. The molecular weight excluding hydrogens is 330 g/mol. The van der Waals surface area contributed by atoms with Gasteiger partial charge in [-0.3, -0.25) is 0 Å². The van der Waals surface area contributed by atoms with E-state index in [4.69, 9.17) is 14.2 Å². The zero-order valence-corrected chi connectivity index (χ0v) is 15.7. The molecule has 0 radical (unpaired) electrons. The summed E-state index contributed by atoms with van der Waals surface area (Å²) < 4.78 is 16.3. The van der Waals surface area contributed by atoms with Gasteiger partial charge in [-0.25, -0.2) is 4.79 Å². The molecular formula is C21H27NO4. The predicted molar refractivity (Wildman–Crippen MR) is 103 cm³/mol. The summed E-state index contributed by atoms with van der Waals surface area (Å²) in [4.78, 5) is 14.1. The lowest BCUT2D eigenvalue weighted by molar-refractivity contribution is 0.0640. The van der Waals surface area contributed by atoms with Gasteiger partial charge < -0.3 is 19.1 Å². The molecule has 5 heteroatoms. The molecule has 0 aliphatic carbocycles. The zero-order chi connectivity index (χ0) is 18.8. The minimum absolute atomic E-state index is 0.461. The summed E-state index contributed by atoms with van der Waals surface area (Å²) in [5, 5.41) is 0. The van der Waals surface area contributed by atoms with Gasteiger partial charge in [-0.1, -0.05) is 37.6 Å². The molecule has 0 N–H and O–H groups in total. The number of hydrogen-bond acceptors (Lipinski definition) is 5. The van der Waals surface area contributed by atoms with E-state index >= 15 is 0 Å². The molecule has 1 unspecified atom stereocenters. The number of carbonyl (C=O) groups excluding carboxylic acids is 1. The van der Waals surface area contributed by atoms with Gasteiger partial charge in [0.15, 0.2) is 6.23 Å². The number of ether oxygens (including phenoxy) is 3. The van der Waals surface area contributed by atoms with E-state index in [9.17, 15) is 4.79 Å². The van der Waals surface area contributed by atoms with E-state index in [0.29, 0.717) is 12.4 Å². The quantitative estimate of drug-likeness (QED) is 0.348. The molecule has 140 valence electrons. The number of rotatable bonds is 9. The van der Waals surface area contributed by atoms with Crippen LogP contribution in [0.25, 0.3) is 0 Å². The molecule has 0 saturated carbocycles. The van der Waals surface area contributed by atoms with Crippen LogP contribution >= 0.6 is 0 Å². The third kappa shape index (κ3) is 5.99. The molecule has 0 amide bonds. The highest BCUT2D eigenvalue weighted by Gasteiger charge is 2.20. The van der Waals surface area contributed by atoms with E-state index in [-0.39, 0.29) is 0 Å². The van der Waals surface area contributed by atoms with Gasteiger partial charge in [0.1, 0.15) is 11.5 Å². The molecule has 2 rings (SSSR count). The van der Waals surface area contributed by atoms with Gasteiger partial charge >= 0.3 is 6.16 Å². The maximum absolute atomic E-state index is 12.1. The number of carbonyl (C=O) groups is 1. The van der Waals surface area contributed by atoms with Crippen molar-refractivity contribution in [2.75, 3.05) is 18.1 Å². The van der Waals surface area contributed by atoms with Gasteiger partial charge in [-0.15, -0.1) is 0 Å². The lowest BCUT2D eigenvalue weighted by Gasteiger charge is -2.30. The highest BCUT2D eigenvalue weighted by molar-refractivity contribution is 5.64. The Morgan fingerprint density at radius 3 is 2.46 bits per heavy atom. The van der Waals surface area contributed by atoms with E-state index in [1.54, 1.807) is 24.3 Å². The van der Waals surface area contributed by atoms with Crippen molar-refractivity contribution in [2.45, 2.75) is 39.8 Å². The molecule has 0 aromatic heterocycles. The van der Waals surface area contributed by atoms with Crippen molar-refractivity contribution >= 4 is 11.8 Å². The molecule has 0 aliphatic rings. The maximum Gasteiger partial charge on any atom is 0.515 e. The molecule has 0 aliphatic heterocycles. The summed E-state index contributed by atoms with van der Waals surface area (Å²) in [6.45, 7) is 7.30. The molecule has 2 aromatic rings. The van der Waals surface area contributed by atoms with Gasteiger partial charge in [-0.05, 0) is 44.5 Å². The van der Waals surface area contributed by atoms with Crippen molar-refractivity contribution in [3.05, 3.63) is 54.6 Å². The Balaban J connectivity index is 2.07. The molecule has 0 bridgehead atoms. The van der Waals surface area contributed by atoms with Crippen LogP contribution in [-0.4, -0.2) is 25.5 Å². The highest BCUT2D eigenvalue weighted by atomic mass is 16.7. The van der Waals surface area contributed by atoms with Crippen molar-refractivity contribution in [3.63, 3.8) is 0 Å². The fourth-order valence-electron chi connectivity index (χ4n) is 2.58. The van der Waals surface area contributed by atoms with Gasteiger partial charge in [-0.2, -0.15) is 0 Å². The van der Waals surface area contributed by atoms with Crippen LogP contribution in [0.5, 0.6) is 11.5 Å². The summed E-state index contributed by atoms with van der Waals surface area (Å²) in [5.41, 5.74) is 0.949. The van der Waals surface area contributed by atoms with Crippen LogP contribution in [-0.2, 0) is 4.74 Å². The van der Waals surface area contributed by atoms with Crippen LogP contribution in [0, 0.1) is 0 Å². The summed E-state index contributed by atoms with van der Waals surface area (Å²) in [6.07, 6.45) is 0.851. The first-order chi connectivity index (χ1) is 12.6. The van der Waals surface area contributed by atoms with Gasteiger partial charge in [0, 0.05) is 18.3 Å². The van der Waals surface area contributed by atoms with Crippen molar-refractivity contribution in [1.29, 1.82) is 0 Å². The Kier molecular flexibility index (Phi) is 7.80. The van der Waals surface area contributed by atoms with Gasteiger partial charge in [0.05, 0.1) is 6.61 Å². The normalized spacial score (nSPS) is 11.5. The van der Waals surface area contributed by atoms with Gasteiger partial charge in [0.25, 0.3) is 0 Å². The Morgan fingerprint density at radius 1 is 1.04 bits per heavy atom. The second kappa shape index (κ2) is 10.3. The van der Waals surface area contributed by atoms with Crippen LogP contribution in [0.4, 0.5) is 10.5 Å². The molecule has 2 aromatic carbocycles. The standard InChI is InChI=1S/C21H27NO4/c1-4-6-15-22(18-11-10-14-20(16-18)24-5-2)17(3)25-21(23)26-19-12-8-7-9-13-19/h7-14,16-17H,4-6,15H2,1-3H3. The fourth-order valence-corrected chi connectivity index (χ4v) is 2.58. The molecule has 0 spiro atoms. The first-order valence-corrected chi connectivity index (χ1v) is 9.07. The summed E-state index contributed by atoms with van der Waals surface area (Å²) in [5.74, 6) is 1.26. The second-order valence-corrected chi connectivity index (χ2v) is 5.86. The first-order valence-electron chi connectivity index (χ1n) is 9.07. The Bertz CT molecular complexity index is 675. The molecule has 0 heterocycles. The van der Waals surface area contributed by atoms with Crippen LogP contribution in [0.15, 0.2) is 54.6 Å². The minimum Gasteiger partial charge on any atom is -0.494 e. The Labute approximate surface area is 155 Å². The molecule has 5 nitrogen and oxygen atoms in total. The van der Waals surface area contributed by atoms with E-state index in [1.807, 2.05) is 49.1 Å². The van der Waals surface area contributed by atoms with Crippen LogP contribution in [0.2, 0.25) is 0 Å². The molecule has 0 saturated heterocycles. The lowest BCUT2D eigenvalue weighted by atomic mass is 10.2. The fraction of sp³-hybridized carbons (Fsp3) is 0.381. The number of anilines is 1. The average molecular weight is 357 g/mol. The summed E-state index contributed by atoms with van der Waals surface area (Å²) in [7, 11) is 0. The number of para-hydroxylation sites is 1. The topological polar surface area (TPSA) is 48.0 Å². The van der Waals surface area contributed by atoms with Crippen molar-refractivity contribution in [2.24, 2.45) is 0 Å². The van der Waals surface area contributed by atoms with Crippen LogP contribution < -0.4 is 14.4 Å². The number of hydrogen-bond donors (Lipinski definition) is 0. The first kappa shape index (κ1) is 19.6. The SMILES string of the molecule is CCCCN(c1cccc(OCC)c1)C(C)OC(=O)Oc1ccccc1. The molecule has 0 fully saturated rings. The van der Waals surface area contributed by atoms with E-state index in [0.717, 1.165) is 30.8 Å². The largest absolute Gasteiger partial charge is 0.515 e. The summed E-state index contributed by atoms with van der Waals surface area (Å²) >= 11 is 0. The van der Waals surface area contributed by atoms with Crippen LogP contribution in [0.1, 0.15) is 33.6 Å². The highest BCUT2D eigenvalue weighted by Crippen LogP contribution is 2.24. The minimum atomic E-state index is -0.717. The monoisotopic (exact) mass is 357 g/mol. The smallest absolute Gasteiger partial charge is 0.494 e. The number of nitrogens with zero attached hydrogens (tertiary/aromatic N) is 1. The Hall–Kier alpha value is -2.69. The molecule has 1 atom stereocenters. The number of benzene rings is 2. The van der Waals surface area contributed by atoms with Crippen LogP contribution in [0.3, 0.4) is 0 Å². The maximum atomic E-state index is 12.1. The van der Waals surface area contributed by atoms with Gasteiger partial charge in [0.2, 0.25) is 0 Å². The summed E-state index contributed by atoms with van der Waals surface area (Å²) in [6, 6.07) is 16.7. The average Bonchev–Trinajstić information content (AvgIpc) is 2.63. The third-order valence-electron chi connectivity index (χ3n) is 3.86. The Morgan fingerprint density at radius 2 is 1.77 bits per heavy atom. The lowest BCUT2D eigenvalue weighted by Crippen LogP contribution is -2.38. The van der Waals surface area contributed by atoms with E-state index in [1.165, 1.54) is 0 Å². The second-order valence-electron chi connectivity index (χ2n) is 5.86. The molecule has 26 heavy (non-hydrogen) atoms. The van der Waals surface area contributed by atoms with Crippen molar-refractivity contribution in [1.82, 2.24) is 0 Å². The van der Waals surface area contributed by atoms with Crippen molar-refractivity contribution in [3.8, 4) is 11.5 Å². The van der Waals surface area contributed by atoms with Crippen molar-refractivity contribution < 1.29 is 19.0 Å². The van der Waals surface area contributed by atoms with E-state index in [2.05, 4.69) is 6.92 Å². The number of unbranched alkanes of at least 4 members (excludes halogenated alkanes) is 1. The van der Waals surface area contributed by atoms with E-state index < -0.39 is 12.4 Å².